The molecule has 2 aromatic carbocycles. The van der Waals surface area contributed by atoms with Gasteiger partial charge in [-0.2, -0.15) is 0 Å². The highest BCUT2D eigenvalue weighted by Gasteiger charge is 2.26. The van der Waals surface area contributed by atoms with Crippen LogP contribution >= 0.6 is 0 Å². The molecule has 0 bridgehead atoms. The van der Waals surface area contributed by atoms with E-state index in [4.69, 9.17) is 4.98 Å². The summed E-state index contributed by atoms with van der Waals surface area (Å²) in [7, 11) is 0. The number of pyridine rings is 1. The van der Waals surface area contributed by atoms with Gasteiger partial charge in [-0.1, -0.05) is 48.0 Å². The Hall–Kier alpha value is -2.92. The van der Waals surface area contributed by atoms with Gasteiger partial charge >= 0.3 is 0 Å². The fourth-order valence-corrected chi connectivity index (χ4v) is 3.93. The average Bonchev–Trinajstić information content (AvgIpc) is 2.77. The van der Waals surface area contributed by atoms with Gasteiger partial charge in [-0.3, -0.25) is 4.79 Å². The summed E-state index contributed by atoms with van der Waals surface area (Å²) in [5.41, 5.74) is 4.11. The topological polar surface area (TPSA) is 65.5 Å². The molecule has 1 amide bonds. The van der Waals surface area contributed by atoms with Gasteiger partial charge in [-0.25, -0.2) is 4.98 Å². The van der Waals surface area contributed by atoms with Crippen LogP contribution in [0.1, 0.15) is 29.5 Å². The van der Waals surface area contributed by atoms with E-state index in [-0.39, 0.29) is 18.4 Å². The normalized spacial score (nSPS) is 14.9. The third-order valence-corrected chi connectivity index (χ3v) is 5.70. The van der Waals surface area contributed by atoms with Crippen LogP contribution in [0.15, 0.2) is 54.6 Å². The lowest BCUT2D eigenvalue weighted by Crippen LogP contribution is -2.41. The predicted molar refractivity (Wildman–Crippen MR) is 116 cm³/mol. The number of aromatic nitrogens is 1. The molecule has 3 aromatic rings. The Morgan fingerprint density at radius 2 is 1.86 bits per heavy atom. The number of benzene rings is 2. The van der Waals surface area contributed by atoms with Crippen LogP contribution in [0.2, 0.25) is 0 Å². The van der Waals surface area contributed by atoms with Gasteiger partial charge in [-0.05, 0) is 37.5 Å². The molecule has 1 saturated heterocycles. The Morgan fingerprint density at radius 3 is 2.59 bits per heavy atom. The van der Waals surface area contributed by atoms with E-state index < -0.39 is 0 Å². The molecule has 1 aliphatic heterocycles. The maximum absolute atomic E-state index is 12.6. The Bertz CT molecular complexity index is 993. The number of hydrogen-bond donors (Lipinski definition) is 2. The number of para-hydroxylation sites is 1. The van der Waals surface area contributed by atoms with E-state index in [9.17, 15) is 9.90 Å². The molecule has 0 radical (unpaired) electrons. The van der Waals surface area contributed by atoms with E-state index in [1.54, 1.807) is 0 Å². The van der Waals surface area contributed by atoms with E-state index >= 15 is 0 Å². The summed E-state index contributed by atoms with van der Waals surface area (Å²) in [5.74, 6) is 0.985. The summed E-state index contributed by atoms with van der Waals surface area (Å²) in [6.45, 7) is 4.12. The number of carbonyl (C=O) groups excluding carboxylic acids is 1. The van der Waals surface area contributed by atoms with Crippen LogP contribution in [0, 0.1) is 12.8 Å². The van der Waals surface area contributed by atoms with Crippen molar-refractivity contribution >= 4 is 22.6 Å². The molecule has 150 valence electrons. The van der Waals surface area contributed by atoms with Crippen LogP contribution in [0.3, 0.4) is 0 Å². The lowest BCUT2D eigenvalue weighted by molar-refractivity contribution is -0.125. The zero-order valence-corrected chi connectivity index (χ0v) is 16.8. The third kappa shape index (κ3) is 4.40. The molecule has 0 aliphatic carbocycles. The Kier molecular flexibility index (Phi) is 5.76. The molecule has 1 fully saturated rings. The first-order chi connectivity index (χ1) is 14.1. The number of hydrogen-bond acceptors (Lipinski definition) is 4. The smallest absolute Gasteiger partial charge is 0.223 e. The highest BCUT2D eigenvalue weighted by Crippen LogP contribution is 2.28. The first kappa shape index (κ1) is 19.4. The predicted octanol–water partition coefficient (Wildman–Crippen LogP) is 3.57. The van der Waals surface area contributed by atoms with Gasteiger partial charge in [0.1, 0.15) is 5.82 Å². The van der Waals surface area contributed by atoms with Gasteiger partial charge in [0.05, 0.1) is 12.1 Å². The fourth-order valence-electron chi connectivity index (χ4n) is 3.93. The number of aliphatic hydroxyl groups is 1. The molecule has 4 rings (SSSR count). The number of carbonyl (C=O) groups is 1. The number of piperidine rings is 1. The van der Waals surface area contributed by atoms with Gasteiger partial charge < -0.3 is 15.3 Å². The minimum atomic E-state index is -0.0376. The Balaban J connectivity index is 1.38. The lowest BCUT2D eigenvalue weighted by Gasteiger charge is -2.33. The van der Waals surface area contributed by atoms with E-state index in [1.165, 1.54) is 5.56 Å². The average molecular weight is 389 g/mol. The van der Waals surface area contributed by atoms with Gasteiger partial charge in [-0.15, -0.1) is 0 Å². The number of anilines is 1. The summed E-state index contributed by atoms with van der Waals surface area (Å²) in [4.78, 5) is 19.6. The molecular weight excluding hydrogens is 362 g/mol. The number of nitrogens with one attached hydrogen (secondary N) is 1. The van der Waals surface area contributed by atoms with Crippen molar-refractivity contribution in [1.29, 1.82) is 0 Å². The number of aliphatic hydroxyl groups excluding tert-OH is 1. The lowest BCUT2D eigenvalue weighted by atomic mass is 9.95. The molecule has 2 heterocycles. The zero-order valence-electron chi connectivity index (χ0n) is 16.8. The molecule has 2 N–H and O–H groups in total. The van der Waals surface area contributed by atoms with Crippen LogP contribution in [0.25, 0.3) is 10.9 Å². The molecule has 1 aliphatic rings. The van der Waals surface area contributed by atoms with E-state index in [0.717, 1.165) is 53.8 Å². The molecule has 0 spiro atoms. The molecule has 5 nitrogen and oxygen atoms in total. The van der Waals surface area contributed by atoms with Crippen LogP contribution in [-0.2, 0) is 17.9 Å². The summed E-state index contributed by atoms with van der Waals surface area (Å²) in [6, 6.07) is 18.2. The first-order valence-electron chi connectivity index (χ1n) is 10.2. The van der Waals surface area contributed by atoms with E-state index in [1.807, 2.05) is 30.3 Å². The third-order valence-electron chi connectivity index (χ3n) is 5.70. The fraction of sp³-hybridized carbons (Fsp3) is 0.333. The molecule has 29 heavy (non-hydrogen) atoms. The molecular formula is C24H27N3O2. The number of amides is 1. The molecule has 0 atom stereocenters. The minimum absolute atomic E-state index is 0.0229. The number of aryl methyl sites for hydroxylation is 1. The van der Waals surface area contributed by atoms with E-state index in [0.29, 0.717) is 6.54 Å². The number of nitrogens with zero attached hydrogens (tertiary/aromatic N) is 2. The van der Waals surface area contributed by atoms with Crippen LogP contribution in [0.5, 0.6) is 0 Å². The summed E-state index contributed by atoms with van der Waals surface area (Å²) < 4.78 is 0. The minimum Gasteiger partial charge on any atom is -0.392 e. The van der Waals surface area contributed by atoms with Gasteiger partial charge in [0, 0.05) is 36.5 Å². The molecule has 5 heteroatoms. The van der Waals surface area contributed by atoms with Crippen molar-refractivity contribution in [2.24, 2.45) is 5.92 Å². The van der Waals surface area contributed by atoms with Crippen molar-refractivity contribution in [3.63, 3.8) is 0 Å². The Morgan fingerprint density at radius 1 is 1.14 bits per heavy atom. The van der Waals surface area contributed by atoms with Crippen molar-refractivity contribution < 1.29 is 9.90 Å². The van der Waals surface area contributed by atoms with Crippen LogP contribution in [-0.4, -0.2) is 29.1 Å². The largest absolute Gasteiger partial charge is 0.392 e. The van der Waals surface area contributed by atoms with Crippen LogP contribution in [0.4, 0.5) is 5.82 Å². The van der Waals surface area contributed by atoms with Crippen molar-refractivity contribution in [2.75, 3.05) is 18.0 Å². The molecule has 1 aromatic heterocycles. The van der Waals surface area contributed by atoms with Crippen LogP contribution < -0.4 is 10.2 Å². The van der Waals surface area contributed by atoms with Crippen molar-refractivity contribution in [2.45, 2.75) is 32.9 Å². The number of fused-ring (bicyclic) bond motifs is 1. The second-order valence-electron chi connectivity index (χ2n) is 7.79. The van der Waals surface area contributed by atoms with Crippen molar-refractivity contribution in [3.8, 4) is 0 Å². The highest BCUT2D eigenvalue weighted by molar-refractivity contribution is 5.82. The maximum atomic E-state index is 12.6. The second-order valence-corrected chi connectivity index (χ2v) is 7.79. The van der Waals surface area contributed by atoms with Crippen molar-refractivity contribution in [3.05, 3.63) is 71.3 Å². The molecule has 0 saturated carbocycles. The van der Waals surface area contributed by atoms with Gasteiger partial charge in [0.25, 0.3) is 0 Å². The summed E-state index contributed by atoms with van der Waals surface area (Å²) in [6.07, 6.45) is 1.58. The summed E-state index contributed by atoms with van der Waals surface area (Å²) >= 11 is 0. The second kappa shape index (κ2) is 8.62. The standard InChI is InChI=1S/C24H27N3O2/c1-17-6-8-18(9-7-17)15-25-24(29)19-10-12-27(13-11-19)23-21(16-28)14-20-4-2-3-5-22(20)26-23/h2-9,14,19,28H,10-13,15-16H2,1H3,(H,25,29). The SMILES string of the molecule is Cc1ccc(CNC(=O)C2CCN(c3nc4ccccc4cc3CO)CC2)cc1. The summed E-state index contributed by atoms with van der Waals surface area (Å²) in [5, 5.41) is 13.9. The van der Waals surface area contributed by atoms with E-state index in [2.05, 4.69) is 41.4 Å². The monoisotopic (exact) mass is 389 g/mol. The maximum Gasteiger partial charge on any atom is 0.223 e. The zero-order chi connectivity index (χ0) is 20.2. The first-order valence-corrected chi connectivity index (χ1v) is 10.2. The van der Waals surface area contributed by atoms with Crippen molar-refractivity contribution in [1.82, 2.24) is 10.3 Å². The van der Waals surface area contributed by atoms with Gasteiger partial charge in [0.15, 0.2) is 0 Å². The quantitative estimate of drug-likeness (QED) is 0.700. The van der Waals surface area contributed by atoms with Gasteiger partial charge in [0.2, 0.25) is 5.91 Å². The highest BCUT2D eigenvalue weighted by atomic mass is 16.3. The number of rotatable bonds is 5. The molecule has 0 unspecified atom stereocenters. The Labute approximate surface area is 171 Å².